The summed E-state index contributed by atoms with van der Waals surface area (Å²) in [5.74, 6) is 0.800. The minimum atomic E-state index is -1.13. The molecule has 1 aliphatic heterocycles. The van der Waals surface area contributed by atoms with Crippen molar-refractivity contribution in [1.29, 1.82) is 0 Å². The number of rotatable bonds is 3. The summed E-state index contributed by atoms with van der Waals surface area (Å²) in [5, 5.41) is 8.92. The molecule has 0 spiro atoms. The standard InChI is InChI=1S/C14H10ClNO5/c1-7-4-11(16-13(15)12(7)14(17)18)21-8-2-3-9-10(5-8)20-6-19-9/h2-5H,6H2,1H3,(H,17,18). The predicted octanol–water partition coefficient (Wildman–Crippen LogP) is 3.26. The number of hydrogen-bond acceptors (Lipinski definition) is 5. The molecule has 1 aromatic carbocycles. The highest BCUT2D eigenvalue weighted by Crippen LogP contribution is 2.36. The van der Waals surface area contributed by atoms with Gasteiger partial charge >= 0.3 is 5.97 Å². The zero-order valence-electron chi connectivity index (χ0n) is 10.9. The third-order valence-corrected chi connectivity index (χ3v) is 3.20. The van der Waals surface area contributed by atoms with Gasteiger partial charge in [0.25, 0.3) is 0 Å². The van der Waals surface area contributed by atoms with E-state index in [0.29, 0.717) is 22.8 Å². The first kappa shape index (κ1) is 13.5. The Morgan fingerprint density at radius 1 is 1.33 bits per heavy atom. The van der Waals surface area contributed by atoms with E-state index in [0.717, 1.165) is 0 Å². The monoisotopic (exact) mass is 307 g/mol. The Balaban J connectivity index is 1.90. The van der Waals surface area contributed by atoms with Crippen molar-refractivity contribution in [2.24, 2.45) is 0 Å². The lowest BCUT2D eigenvalue weighted by atomic mass is 10.1. The molecule has 0 unspecified atom stereocenters. The first-order valence-electron chi connectivity index (χ1n) is 6.02. The van der Waals surface area contributed by atoms with E-state index in [-0.39, 0.29) is 23.4 Å². The van der Waals surface area contributed by atoms with Crippen molar-refractivity contribution in [3.05, 3.63) is 40.5 Å². The van der Waals surface area contributed by atoms with Crippen LogP contribution >= 0.6 is 11.6 Å². The summed E-state index contributed by atoms with van der Waals surface area (Å²) >= 11 is 5.87. The molecule has 1 aliphatic rings. The maximum absolute atomic E-state index is 11.0. The molecule has 0 saturated carbocycles. The smallest absolute Gasteiger partial charge is 0.339 e. The number of pyridine rings is 1. The van der Waals surface area contributed by atoms with Gasteiger partial charge in [0.05, 0.1) is 5.56 Å². The Hall–Kier alpha value is -2.47. The number of carboxylic acid groups (broad SMARTS) is 1. The summed E-state index contributed by atoms with van der Waals surface area (Å²) in [6.45, 7) is 1.80. The highest BCUT2D eigenvalue weighted by atomic mass is 35.5. The molecule has 3 rings (SSSR count). The van der Waals surface area contributed by atoms with Crippen molar-refractivity contribution >= 4 is 17.6 Å². The van der Waals surface area contributed by atoms with Crippen molar-refractivity contribution in [1.82, 2.24) is 4.98 Å². The molecule has 0 fully saturated rings. The summed E-state index contributed by atoms with van der Waals surface area (Å²) < 4.78 is 16.0. The molecular weight excluding hydrogens is 298 g/mol. The largest absolute Gasteiger partial charge is 0.478 e. The van der Waals surface area contributed by atoms with Crippen LogP contribution in [0.15, 0.2) is 24.3 Å². The van der Waals surface area contributed by atoms with Gasteiger partial charge in [-0.25, -0.2) is 9.78 Å². The van der Waals surface area contributed by atoms with Crippen molar-refractivity contribution in [2.75, 3.05) is 6.79 Å². The fraction of sp³-hybridized carbons (Fsp3) is 0.143. The van der Waals surface area contributed by atoms with Gasteiger partial charge in [0.15, 0.2) is 11.5 Å². The van der Waals surface area contributed by atoms with Gasteiger partial charge in [-0.05, 0) is 24.6 Å². The van der Waals surface area contributed by atoms with Crippen molar-refractivity contribution in [3.8, 4) is 23.1 Å². The Kier molecular flexibility index (Phi) is 3.31. The Morgan fingerprint density at radius 3 is 2.81 bits per heavy atom. The third-order valence-electron chi connectivity index (χ3n) is 2.93. The highest BCUT2D eigenvalue weighted by Gasteiger charge is 2.17. The fourth-order valence-corrected chi connectivity index (χ4v) is 2.29. The Bertz CT molecular complexity index is 708. The molecule has 0 aliphatic carbocycles. The number of aromatic nitrogens is 1. The van der Waals surface area contributed by atoms with Gasteiger partial charge in [0.1, 0.15) is 10.9 Å². The Labute approximate surface area is 124 Å². The molecule has 2 aromatic rings. The van der Waals surface area contributed by atoms with Crippen LogP contribution in [0.5, 0.6) is 23.1 Å². The number of aryl methyl sites for hydroxylation is 1. The molecule has 0 amide bonds. The van der Waals surface area contributed by atoms with Gasteiger partial charge < -0.3 is 19.3 Å². The SMILES string of the molecule is Cc1cc(Oc2ccc3c(c2)OCO3)nc(Cl)c1C(=O)O. The molecule has 0 saturated heterocycles. The molecule has 6 nitrogen and oxygen atoms in total. The van der Waals surface area contributed by atoms with Crippen LogP contribution < -0.4 is 14.2 Å². The summed E-state index contributed by atoms with van der Waals surface area (Å²) in [6, 6.07) is 6.60. The molecule has 1 aromatic heterocycles. The number of carbonyl (C=O) groups is 1. The minimum absolute atomic E-state index is 0.0327. The van der Waals surface area contributed by atoms with E-state index in [9.17, 15) is 4.79 Å². The van der Waals surface area contributed by atoms with Gasteiger partial charge in [-0.15, -0.1) is 0 Å². The molecule has 7 heteroatoms. The highest BCUT2D eigenvalue weighted by molar-refractivity contribution is 6.32. The number of ether oxygens (including phenoxy) is 3. The second-order valence-corrected chi connectivity index (χ2v) is 4.72. The molecule has 1 N–H and O–H groups in total. The second kappa shape index (κ2) is 5.14. The van der Waals surface area contributed by atoms with E-state index < -0.39 is 5.97 Å². The van der Waals surface area contributed by atoms with Crippen LogP contribution in [0.4, 0.5) is 0 Å². The first-order valence-corrected chi connectivity index (χ1v) is 6.40. The number of benzene rings is 1. The van der Waals surface area contributed by atoms with Gasteiger partial charge in [0, 0.05) is 12.1 Å². The summed E-state index contributed by atoms with van der Waals surface area (Å²) in [7, 11) is 0. The molecule has 2 heterocycles. The van der Waals surface area contributed by atoms with Gasteiger partial charge in [-0.1, -0.05) is 11.6 Å². The van der Waals surface area contributed by atoms with Gasteiger partial charge in [-0.3, -0.25) is 0 Å². The van der Waals surface area contributed by atoms with E-state index in [1.807, 2.05) is 0 Å². The lowest BCUT2D eigenvalue weighted by molar-refractivity contribution is 0.0696. The molecule has 0 bridgehead atoms. The summed E-state index contributed by atoms with van der Waals surface area (Å²) in [5.41, 5.74) is 0.438. The first-order chi connectivity index (χ1) is 10.0. The Morgan fingerprint density at radius 2 is 2.10 bits per heavy atom. The van der Waals surface area contributed by atoms with E-state index in [1.165, 1.54) is 6.07 Å². The van der Waals surface area contributed by atoms with E-state index >= 15 is 0 Å². The van der Waals surface area contributed by atoms with Crippen molar-refractivity contribution < 1.29 is 24.1 Å². The van der Waals surface area contributed by atoms with Gasteiger partial charge in [0.2, 0.25) is 12.7 Å². The average molecular weight is 308 g/mol. The van der Waals surface area contributed by atoms with E-state index in [4.69, 9.17) is 30.9 Å². The van der Waals surface area contributed by atoms with Crippen LogP contribution in [0, 0.1) is 6.92 Å². The summed E-state index contributed by atoms with van der Waals surface area (Å²) in [6.07, 6.45) is 0. The maximum Gasteiger partial charge on any atom is 0.339 e. The van der Waals surface area contributed by atoms with Crippen LogP contribution in [-0.2, 0) is 0 Å². The lowest BCUT2D eigenvalue weighted by Crippen LogP contribution is -2.03. The number of halogens is 1. The number of carboxylic acids is 1. The zero-order chi connectivity index (χ0) is 15.0. The second-order valence-electron chi connectivity index (χ2n) is 4.37. The quantitative estimate of drug-likeness (QED) is 0.877. The molecule has 0 radical (unpaired) electrons. The van der Waals surface area contributed by atoms with Crippen LogP contribution in [-0.4, -0.2) is 22.9 Å². The summed E-state index contributed by atoms with van der Waals surface area (Å²) in [4.78, 5) is 15.0. The minimum Gasteiger partial charge on any atom is -0.478 e. The van der Waals surface area contributed by atoms with Crippen LogP contribution in [0.1, 0.15) is 15.9 Å². The van der Waals surface area contributed by atoms with Crippen molar-refractivity contribution in [3.63, 3.8) is 0 Å². The van der Waals surface area contributed by atoms with Crippen LogP contribution in [0.2, 0.25) is 5.15 Å². The van der Waals surface area contributed by atoms with E-state index in [1.54, 1.807) is 25.1 Å². The maximum atomic E-state index is 11.0. The topological polar surface area (TPSA) is 77.9 Å². The number of aromatic carboxylic acids is 1. The third kappa shape index (κ3) is 2.57. The molecule has 108 valence electrons. The van der Waals surface area contributed by atoms with Crippen molar-refractivity contribution in [2.45, 2.75) is 6.92 Å². The van der Waals surface area contributed by atoms with Crippen LogP contribution in [0.25, 0.3) is 0 Å². The number of nitrogens with zero attached hydrogens (tertiary/aromatic N) is 1. The van der Waals surface area contributed by atoms with Gasteiger partial charge in [-0.2, -0.15) is 0 Å². The molecular formula is C14H10ClNO5. The fourth-order valence-electron chi connectivity index (χ4n) is 1.98. The van der Waals surface area contributed by atoms with Crippen LogP contribution in [0.3, 0.4) is 0 Å². The molecule has 21 heavy (non-hydrogen) atoms. The average Bonchev–Trinajstić information content (AvgIpc) is 2.84. The number of hydrogen-bond donors (Lipinski definition) is 1. The molecule has 0 atom stereocenters. The van der Waals surface area contributed by atoms with E-state index in [2.05, 4.69) is 4.98 Å². The lowest BCUT2D eigenvalue weighted by Gasteiger charge is -2.09. The predicted molar refractivity (Wildman–Crippen MR) is 73.6 cm³/mol. The zero-order valence-corrected chi connectivity index (χ0v) is 11.7. The number of fused-ring (bicyclic) bond motifs is 1. The normalized spacial score (nSPS) is 12.3.